The van der Waals surface area contributed by atoms with E-state index in [1.54, 1.807) is 0 Å². The molecule has 0 spiro atoms. The molecule has 1 heterocycles. The normalized spacial score (nSPS) is 21.7. The molecule has 0 saturated carbocycles. The van der Waals surface area contributed by atoms with E-state index in [2.05, 4.69) is 5.32 Å². The van der Waals surface area contributed by atoms with Crippen LogP contribution in [-0.4, -0.2) is 29.7 Å². The van der Waals surface area contributed by atoms with Gasteiger partial charge in [0.1, 0.15) is 5.82 Å². The van der Waals surface area contributed by atoms with Crippen molar-refractivity contribution in [1.82, 2.24) is 0 Å². The Morgan fingerprint density at radius 1 is 1.50 bits per heavy atom. The molecule has 2 N–H and O–H groups in total. The van der Waals surface area contributed by atoms with Crippen LogP contribution in [-0.2, 0) is 9.53 Å². The molecule has 1 aliphatic rings. The lowest BCUT2D eigenvalue weighted by molar-refractivity contribution is -0.121. The number of anilines is 1. The summed E-state index contributed by atoms with van der Waals surface area (Å²) >= 11 is 0. The van der Waals surface area contributed by atoms with E-state index in [0.29, 0.717) is 13.0 Å². The lowest BCUT2D eigenvalue weighted by Crippen LogP contribution is -2.29. The predicted molar refractivity (Wildman–Crippen MR) is 70.1 cm³/mol. The van der Waals surface area contributed by atoms with Crippen molar-refractivity contribution in [3.05, 3.63) is 29.6 Å². The standard InChI is InChI=1S/C14H16FNO4/c1-2-12-9(5-6-20-12)13(17)16-11-4-3-8(14(18)19)7-10(11)15/h3-4,7,9,12H,2,5-6H2,1H3,(H,16,17)(H,18,19). The van der Waals surface area contributed by atoms with Gasteiger partial charge in [-0.25, -0.2) is 9.18 Å². The fraction of sp³-hybridized carbons (Fsp3) is 0.429. The lowest BCUT2D eigenvalue weighted by atomic mass is 9.98. The molecule has 2 rings (SSSR count). The minimum atomic E-state index is -1.21. The minimum absolute atomic E-state index is 0.0123. The van der Waals surface area contributed by atoms with Crippen molar-refractivity contribution in [3.8, 4) is 0 Å². The zero-order chi connectivity index (χ0) is 14.7. The van der Waals surface area contributed by atoms with Crippen LogP contribution in [0.15, 0.2) is 18.2 Å². The van der Waals surface area contributed by atoms with Gasteiger partial charge >= 0.3 is 5.97 Å². The second-order valence-corrected chi connectivity index (χ2v) is 4.70. The number of carbonyl (C=O) groups excluding carboxylic acids is 1. The lowest BCUT2D eigenvalue weighted by Gasteiger charge is -2.16. The van der Waals surface area contributed by atoms with Gasteiger partial charge in [-0.15, -0.1) is 0 Å². The molecule has 1 aromatic rings. The third-order valence-corrected chi connectivity index (χ3v) is 3.42. The maximum Gasteiger partial charge on any atom is 0.335 e. The number of carboxylic acid groups (broad SMARTS) is 1. The molecule has 6 heteroatoms. The van der Waals surface area contributed by atoms with Crippen molar-refractivity contribution in [2.75, 3.05) is 11.9 Å². The minimum Gasteiger partial charge on any atom is -0.478 e. The molecule has 1 amide bonds. The number of nitrogens with one attached hydrogen (secondary N) is 1. The third-order valence-electron chi connectivity index (χ3n) is 3.42. The van der Waals surface area contributed by atoms with Gasteiger partial charge in [0.05, 0.1) is 23.3 Å². The summed E-state index contributed by atoms with van der Waals surface area (Å²) in [6.07, 6.45) is 1.19. The molecule has 1 fully saturated rings. The fourth-order valence-corrected chi connectivity index (χ4v) is 2.33. The molecule has 1 saturated heterocycles. The Bertz CT molecular complexity index is 532. The SMILES string of the molecule is CCC1OCCC1C(=O)Nc1ccc(C(=O)O)cc1F. The molecule has 0 aliphatic carbocycles. The summed E-state index contributed by atoms with van der Waals surface area (Å²) in [6, 6.07) is 3.40. The maximum atomic E-state index is 13.7. The third kappa shape index (κ3) is 2.96. The van der Waals surface area contributed by atoms with Crippen molar-refractivity contribution in [1.29, 1.82) is 0 Å². The van der Waals surface area contributed by atoms with Crippen LogP contribution in [0, 0.1) is 11.7 Å². The summed E-state index contributed by atoms with van der Waals surface area (Å²) in [7, 11) is 0. The van der Waals surface area contributed by atoms with Gasteiger partial charge in [0.15, 0.2) is 0 Å². The van der Waals surface area contributed by atoms with Crippen LogP contribution >= 0.6 is 0 Å². The van der Waals surface area contributed by atoms with Crippen LogP contribution in [0.1, 0.15) is 30.1 Å². The monoisotopic (exact) mass is 281 g/mol. The largest absolute Gasteiger partial charge is 0.478 e. The maximum absolute atomic E-state index is 13.7. The molecule has 108 valence electrons. The average molecular weight is 281 g/mol. The van der Waals surface area contributed by atoms with Gasteiger partial charge in [0.25, 0.3) is 0 Å². The number of amides is 1. The van der Waals surface area contributed by atoms with Crippen LogP contribution in [0.3, 0.4) is 0 Å². The highest BCUT2D eigenvalue weighted by atomic mass is 19.1. The molecular formula is C14H16FNO4. The van der Waals surface area contributed by atoms with Crippen LogP contribution < -0.4 is 5.32 Å². The Morgan fingerprint density at radius 3 is 2.85 bits per heavy atom. The number of hydrogen-bond donors (Lipinski definition) is 2. The highest BCUT2D eigenvalue weighted by molar-refractivity contribution is 5.94. The molecule has 0 bridgehead atoms. The smallest absolute Gasteiger partial charge is 0.335 e. The first-order valence-electron chi connectivity index (χ1n) is 6.48. The van der Waals surface area contributed by atoms with Crippen LogP contribution in [0.2, 0.25) is 0 Å². The van der Waals surface area contributed by atoms with Gasteiger partial charge in [0, 0.05) is 6.61 Å². The second-order valence-electron chi connectivity index (χ2n) is 4.70. The van der Waals surface area contributed by atoms with Crippen molar-refractivity contribution in [3.63, 3.8) is 0 Å². The zero-order valence-electron chi connectivity index (χ0n) is 11.1. The van der Waals surface area contributed by atoms with E-state index in [0.717, 1.165) is 12.5 Å². The molecule has 1 aliphatic heterocycles. The van der Waals surface area contributed by atoms with Crippen molar-refractivity contribution in [2.45, 2.75) is 25.9 Å². The van der Waals surface area contributed by atoms with Crippen molar-refractivity contribution in [2.24, 2.45) is 5.92 Å². The van der Waals surface area contributed by atoms with Crippen LogP contribution in [0.4, 0.5) is 10.1 Å². The topological polar surface area (TPSA) is 75.6 Å². The summed E-state index contributed by atoms with van der Waals surface area (Å²) in [5.74, 6) is -2.56. The number of carbonyl (C=O) groups is 2. The highest BCUT2D eigenvalue weighted by Crippen LogP contribution is 2.25. The first kappa shape index (κ1) is 14.5. The Morgan fingerprint density at radius 2 is 2.25 bits per heavy atom. The number of halogens is 1. The Balaban J connectivity index is 2.10. The first-order valence-corrected chi connectivity index (χ1v) is 6.48. The highest BCUT2D eigenvalue weighted by Gasteiger charge is 2.33. The van der Waals surface area contributed by atoms with Gasteiger partial charge in [-0.1, -0.05) is 6.92 Å². The van der Waals surface area contributed by atoms with E-state index in [9.17, 15) is 14.0 Å². The molecule has 2 unspecified atom stereocenters. The summed E-state index contributed by atoms with van der Waals surface area (Å²) in [5.41, 5.74) is -0.169. The van der Waals surface area contributed by atoms with E-state index in [1.807, 2.05) is 6.92 Å². The quantitative estimate of drug-likeness (QED) is 0.887. The van der Waals surface area contributed by atoms with Crippen LogP contribution in [0.25, 0.3) is 0 Å². The Hall–Kier alpha value is -1.95. The second kappa shape index (κ2) is 6.00. The summed E-state index contributed by atoms with van der Waals surface area (Å²) in [5, 5.41) is 11.2. The van der Waals surface area contributed by atoms with E-state index in [4.69, 9.17) is 9.84 Å². The van der Waals surface area contributed by atoms with E-state index in [1.165, 1.54) is 12.1 Å². The molecular weight excluding hydrogens is 265 g/mol. The van der Waals surface area contributed by atoms with Crippen LogP contribution in [0.5, 0.6) is 0 Å². The number of rotatable bonds is 4. The van der Waals surface area contributed by atoms with Gasteiger partial charge in [-0.05, 0) is 31.0 Å². The van der Waals surface area contributed by atoms with Crippen molar-refractivity contribution >= 4 is 17.6 Å². The number of aromatic carboxylic acids is 1. The molecule has 1 aromatic carbocycles. The van der Waals surface area contributed by atoms with E-state index < -0.39 is 11.8 Å². The van der Waals surface area contributed by atoms with Gasteiger partial charge in [-0.3, -0.25) is 4.79 Å². The molecule has 0 aromatic heterocycles. The summed E-state index contributed by atoms with van der Waals surface area (Å²) in [4.78, 5) is 22.8. The zero-order valence-corrected chi connectivity index (χ0v) is 11.1. The van der Waals surface area contributed by atoms with Crippen molar-refractivity contribution < 1.29 is 23.8 Å². The summed E-state index contributed by atoms with van der Waals surface area (Å²) < 4.78 is 19.1. The van der Waals surface area contributed by atoms with Gasteiger partial charge < -0.3 is 15.2 Å². The van der Waals surface area contributed by atoms with E-state index >= 15 is 0 Å². The molecule has 2 atom stereocenters. The number of benzene rings is 1. The fourth-order valence-electron chi connectivity index (χ4n) is 2.33. The van der Waals surface area contributed by atoms with Gasteiger partial charge in [-0.2, -0.15) is 0 Å². The number of carboxylic acids is 1. The molecule has 0 radical (unpaired) electrons. The first-order chi connectivity index (χ1) is 9.52. The summed E-state index contributed by atoms with van der Waals surface area (Å²) in [6.45, 7) is 2.45. The number of hydrogen-bond acceptors (Lipinski definition) is 3. The predicted octanol–water partition coefficient (Wildman–Crippen LogP) is 2.28. The Labute approximate surface area is 115 Å². The molecule has 20 heavy (non-hydrogen) atoms. The van der Waals surface area contributed by atoms with E-state index in [-0.39, 0.29) is 29.2 Å². The molecule has 5 nitrogen and oxygen atoms in total. The Kier molecular flexibility index (Phi) is 4.34. The van der Waals surface area contributed by atoms with Gasteiger partial charge in [0.2, 0.25) is 5.91 Å². The number of ether oxygens (including phenoxy) is 1. The average Bonchev–Trinajstić information content (AvgIpc) is 2.89.